The third-order valence-electron chi connectivity index (χ3n) is 3.00. The maximum atomic E-state index is 12.1. The highest BCUT2D eigenvalue weighted by Gasteiger charge is 2.24. The van der Waals surface area contributed by atoms with E-state index in [-0.39, 0.29) is 5.69 Å². The van der Waals surface area contributed by atoms with Crippen molar-refractivity contribution in [2.75, 3.05) is 13.7 Å². The van der Waals surface area contributed by atoms with Crippen LogP contribution in [0.2, 0.25) is 0 Å². The average molecular weight is 289 g/mol. The Morgan fingerprint density at radius 2 is 2.05 bits per heavy atom. The molecule has 0 aliphatic heterocycles. The van der Waals surface area contributed by atoms with E-state index in [1.165, 1.54) is 0 Å². The summed E-state index contributed by atoms with van der Waals surface area (Å²) in [5.74, 6) is 0.198. The van der Waals surface area contributed by atoms with Crippen LogP contribution in [0.1, 0.15) is 30.8 Å². The lowest BCUT2D eigenvalue weighted by Gasteiger charge is -2.11. The monoisotopic (exact) mass is 289 g/mol. The van der Waals surface area contributed by atoms with Gasteiger partial charge in [-0.25, -0.2) is 9.48 Å². The number of aromatic nitrogens is 3. The van der Waals surface area contributed by atoms with Gasteiger partial charge in [0.15, 0.2) is 5.69 Å². The van der Waals surface area contributed by atoms with E-state index in [2.05, 4.69) is 10.3 Å². The van der Waals surface area contributed by atoms with Crippen LogP contribution in [0.15, 0.2) is 24.3 Å². The first-order valence-electron chi connectivity index (χ1n) is 6.96. The summed E-state index contributed by atoms with van der Waals surface area (Å²) < 4.78 is 12.1. The summed E-state index contributed by atoms with van der Waals surface area (Å²) in [6.07, 6.45) is 0.883. The smallest absolute Gasteiger partial charge is 0.361 e. The lowest BCUT2D eigenvalue weighted by Crippen LogP contribution is -2.09. The minimum Gasteiger partial charge on any atom is -0.496 e. The van der Waals surface area contributed by atoms with E-state index in [0.717, 1.165) is 12.0 Å². The SMILES string of the molecule is CCCn1nnc(C(=O)OCC)c1-c1ccccc1OC. The van der Waals surface area contributed by atoms with Crippen LogP contribution >= 0.6 is 0 Å². The highest BCUT2D eigenvalue weighted by Crippen LogP contribution is 2.31. The van der Waals surface area contributed by atoms with E-state index >= 15 is 0 Å². The van der Waals surface area contributed by atoms with Crippen LogP contribution in [-0.2, 0) is 11.3 Å². The predicted octanol–water partition coefficient (Wildman–Crippen LogP) is 2.54. The number of hydrogen-bond donors (Lipinski definition) is 0. The Bertz CT molecular complexity index is 622. The van der Waals surface area contributed by atoms with E-state index in [0.29, 0.717) is 24.6 Å². The van der Waals surface area contributed by atoms with Crippen LogP contribution in [0.25, 0.3) is 11.3 Å². The quantitative estimate of drug-likeness (QED) is 0.764. The van der Waals surface area contributed by atoms with Gasteiger partial charge in [0.05, 0.1) is 13.7 Å². The minimum atomic E-state index is -0.472. The number of para-hydroxylation sites is 1. The van der Waals surface area contributed by atoms with Crippen LogP contribution in [0.5, 0.6) is 5.75 Å². The molecule has 0 saturated carbocycles. The molecule has 6 nitrogen and oxygen atoms in total. The first-order chi connectivity index (χ1) is 10.2. The van der Waals surface area contributed by atoms with Gasteiger partial charge in [-0.1, -0.05) is 24.3 Å². The Morgan fingerprint density at radius 3 is 2.71 bits per heavy atom. The highest BCUT2D eigenvalue weighted by atomic mass is 16.5. The number of rotatable bonds is 6. The molecule has 6 heteroatoms. The van der Waals surface area contributed by atoms with E-state index < -0.39 is 5.97 Å². The molecule has 0 radical (unpaired) electrons. The molecular weight excluding hydrogens is 270 g/mol. The van der Waals surface area contributed by atoms with E-state index in [9.17, 15) is 4.79 Å². The van der Waals surface area contributed by atoms with Gasteiger partial charge in [-0.05, 0) is 25.5 Å². The van der Waals surface area contributed by atoms with Crippen LogP contribution < -0.4 is 4.74 Å². The van der Waals surface area contributed by atoms with E-state index in [1.54, 1.807) is 18.7 Å². The van der Waals surface area contributed by atoms with E-state index in [1.807, 2.05) is 31.2 Å². The molecular formula is C15H19N3O3. The van der Waals surface area contributed by atoms with Gasteiger partial charge in [-0.2, -0.15) is 0 Å². The highest BCUT2D eigenvalue weighted by molar-refractivity contribution is 5.95. The van der Waals surface area contributed by atoms with Gasteiger partial charge in [0.1, 0.15) is 11.4 Å². The third kappa shape index (κ3) is 3.04. The molecule has 0 fully saturated rings. The van der Waals surface area contributed by atoms with Crippen LogP contribution in [0, 0.1) is 0 Å². The first-order valence-corrected chi connectivity index (χ1v) is 6.96. The molecule has 1 aromatic heterocycles. The Kier molecular flexibility index (Phi) is 4.92. The minimum absolute atomic E-state index is 0.217. The molecule has 1 heterocycles. The van der Waals surface area contributed by atoms with Crippen LogP contribution in [-0.4, -0.2) is 34.7 Å². The molecule has 0 bridgehead atoms. The van der Waals surface area contributed by atoms with Crippen molar-refractivity contribution in [3.8, 4) is 17.0 Å². The second-order valence-corrected chi connectivity index (χ2v) is 4.43. The number of aryl methyl sites for hydroxylation is 1. The molecule has 2 rings (SSSR count). The molecule has 0 saturated heterocycles. The van der Waals surface area contributed by atoms with Crippen molar-refractivity contribution in [1.29, 1.82) is 0 Å². The lowest BCUT2D eigenvalue weighted by atomic mass is 10.1. The molecule has 0 atom stereocenters. The topological polar surface area (TPSA) is 66.2 Å². The predicted molar refractivity (Wildman–Crippen MR) is 78.3 cm³/mol. The second-order valence-electron chi connectivity index (χ2n) is 4.43. The fourth-order valence-corrected chi connectivity index (χ4v) is 2.13. The molecule has 0 amide bonds. The third-order valence-corrected chi connectivity index (χ3v) is 3.00. The number of carbonyl (C=O) groups excluding carboxylic acids is 1. The Labute approximate surface area is 123 Å². The maximum absolute atomic E-state index is 12.1. The van der Waals surface area contributed by atoms with Crippen molar-refractivity contribution in [2.24, 2.45) is 0 Å². The van der Waals surface area contributed by atoms with Crippen LogP contribution in [0.4, 0.5) is 0 Å². The van der Waals surface area contributed by atoms with Gasteiger partial charge in [0.25, 0.3) is 0 Å². The molecule has 0 aliphatic carbocycles. The van der Waals surface area contributed by atoms with Gasteiger partial charge in [0.2, 0.25) is 0 Å². The molecule has 112 valence electrons. The molecule has 1 aromatic carbocycles. The number of nitrogens with zero attached hydrogens (tertiary/aromatic N) is 3. The summed E-state index contributed by atoms with van der Waals surface area (Å²) in [7, 11) is 1.59. The van der Waals surface area contributed by atoms with E-state index in [4.69, 9.17) is 9.47 Å². The molecule has 0 aliphatic rings. The summed E-state index contributed by atoms with van der Waals surface area (Å²) in [5.41, 5.74) is 1.63. The van der Waals surface area contributed by atoms with Crippen molar-refractivity contribution in [3.05, 3.63) is 30.0 Å². The summed E-state index contributed by atoms with van der Waals surface area (Å²) in [5, 5.41) is 8.06. The number of ether oxygens (including phenoxy) is 2. The summed E-state index contributed by atoms with van der Waals surface area (Å²) >= 11 is 0. The lowest BCUT2D eigenvalue weighted by molar-refractivity contribution is 0.0520. The van der Waals surface area contributed by atoms with Crippen LogP contribution in [0.3, 0.4) is 0 Å². The molecule has 0 N–H and O–H groups in total. The van der Waals surface area contributed by atoms with Gasteiger partial charge in [-0.15, -0.1) is 5.10 Å². The number of benzene rings is 1. The fourth-order valence-electron chi connectivity index (χ4n) is 2.13. The van der Waals surface area contributed by atoms with Gasteiger partial charge in [0, 0.05) is 12.1 Å². The van der Waals surface area contributed by atoms with Crippen molar-refractivity contribution < 1.29 is 14.3 Å². The zero-order chi connectivity index (χ0) is 15.2. The Hall–Kier alpha value is -2.37. The summed E-state index contributed by atoms with van der Waals surface area (Å²) in [6.45, 7) is 4.76. The Balaban J connectivity index is 2.58. The summed E-state index contributed by atoms with van der Waals surface area (Å²) in [6, 6.07) is 7.48. The second kappa shape index (κ2) is 6.88. The van der Waals surface area contributed by atoms with Gasteiger partial charge in [-0.3, -0.25) is 0 Å². The largest absolute Gasteiger partial charge is 0.496 e. The first kappa shape index (κ1) is 15.0. The van der Waals surface area contributed by atoms with Crippen molar-refractivity contribution in [1.82, 2.24) is 15.0 Å². The van der Waals surface area contributed by atoms with Crippen molar-refractivity contribution in [3.63, 3.8) is 0 Å². The molecule has 0 unspecified atom stereocenters. The molecule has 0 spiro atoms. The maximum Gasteiger partial charge on any atom is 0.361 e. The number of methoxy groups -OCH3 is 1. The van der Waals surface area contributed by atoms with Gasteiger partial charge >= 0.3 is 5.97 Å². The number of esters is 1. The van der Waals surface area contributed by atoms with Crippen molar-refractivity contribution in [2.45, 2.75) is 26.8 Å². The summed E-state index contributed by atoms with van der Waals surface area (Å²) in [4.78, 5) is 12.1. The average Bonchev–Trinajstić information content (AvgIpc) is 2.91. The zero-order valence-electron chi connectivity index (χ0n) is 12.5. The number of hydrogen-bond acceptors (Lipinski definition) is 5. The van der Waals surface area contributed by atoms with Gasteiger partial charge < -0.3 is 9.47 Å². The number of carbonyl (C=O) groups is 1. The zero-order valence-corrected chi connectivity index (χ0v) is 12.5. The Morgan fingerprint density at radius 1 is 1.29 bits per heavy atom. The normalized spacial score (nSPS) is 10.4. The molecule has 21 heavy (non-hydrogen) atoms. The molecule has 2 aromatic rings. The standard InChI is InChI=1S/C15H19N3O3/c1-4-10-18-14(11-8-6-7-9-12(11)20-3)13(16-17-18)15(19)21-5-2/h6-9H,4-5,10H2,1-3H3. The van der Waals surface area contributed by atoms with Crippen molar-refractivity contribution >= 4 is 5.97 Å². The fraction of sp³-hybridized carbons (Fsp3) is 0.400.